The maximum absolute atomic E-state index is 11.6. The zero-order chi connectivity index (χ0) is 14.7. The smallest absolute Gasteiger partial charge is 0.339 e. The molecule has 2 aromatic rings. The molecule has 0 saturated heterocycles. The van der Waals surface area contributed by atoms with Crippen molar-refractivity contribution in [2.24, 2.45) is 0 Å². The van der Waals surface area contributed by atoms with E-state index >= 15 is 0 Å². The van der Waals surface area contributed by atoms with Crippen molar-refractivity contribution in [2.75, 3.05) is 19.1 Å². The summed E-state index contributed by atoms with van der Waals surface area (Å²) >= 11 is 12.0. The summed E-state index contributed by atoms with van der Waals surface area (Å²) in [7, 11) is 3.06. The molecule has 0 aliphatic rings. The van der Waals surface area contributed by atoms with E-state index in [1.165, 1.54) is 19.5 Å². The first-order valence-corrected chi connectivity index (χ1v) is 6.38. The van der Waals surface area contributed by atoms with E-state index < -0.39 is 5.97 Å². The number of aromatic nitrogens is 2. The molecule has 0 spiro atoms. The van der Waals surface area contributed by atoms with Gasteiger partial charge in [-0.05, 0) is 18.2 Å². The van der Waals surface area contributed by atoms with Crippen molar-refractivity contribution in [1.82, 2.24) is 9.97 Å². The predicted octanol–water partition coefficient (Wildman–Crippen LogP) is 3.34. The van der Waals surface area contributed by atoms with Gasteiger partial charge in [-0.25, -0.2) is 14.8 Å². The van der Waals surface area contributed by atoms with E-state index in [-0.39, 0.29) is 10.7 Å². The Labute approximate surface area is 126 Å². The largest absolute Gasteiger partial charge is 0.465 e. The summed E-state index contributed by atoms with van der Waals surface area (Å²) < 4.78 is 4.69. The molecule has 2 rings (SSSR count). The maximum Gasteiger partial charge on any atom is 0.339 e. The molecular weight excluding hydrogens is 301 g/mol. The van der Waals surface area contributed by atoms with Gasteiger partial charge in [0.1, 0.15) is 0 Å². The van der Waals surface area contributed by atoms with Crippen molar-refractivity contribution in [3.8, 4) is 0 Å². The van der Waals surface area contributed by atoms with Crippen LogP contribution in [-0.4, -0.2) is 30.1 Å². The summed E-state index contributed by atoms with van der Waals surface area (Å²) in [6, 6.07) is 4.98. The Balaban J connectivity index is 2.43. The van der Waals surface area contributed by atoms with Crippen molar-refractivity contribution in [1.29, 1.82) is 0 Å². The van der Waals surface area contributed by atoms with Gasteiger partial charge in [-0.1, -0.05) is 23.2 Å². The average molecular weight is 312 g/mol. The van der Waals surface area contributed by atoms with E-state index in [1.54, 1.807) is 30.1 Å². The van der Waals surface area contributed by atoms with Crippen LogP contribution in [-0.2, 0) is 4.74 Å². The number of methoxy groups -OCH3 is 1. The van der Waals surface area contributed by atoms with Gasteiger partial charge in [0.25, 0.3) is 0 Å². The molecule has 0 N–H and O–H groups in total. The third kappa shape index (κ3) is 2.84. The van der Waals surface area contributed by atoms with Crippen LogP contribution in [0.3, 0.4) is 0 Å². The quantitative estimate of drug-likeness (QED) is 0.814. The third-order valence-corrected chi connectivity index (χ3v) is 3.29. The first kappa shape index (κ1) is 14.6. The molecule has 1 aromatic heterocycles. The number of anilines is 2. The lowest BCUT2D eigenvalue weighted by Crippen LogP contribution is -2.13. The highest BCUT2D eigenvalue weighted by Crippen LogP contribution is 2.29. The molecule has 0 fully saturated rings. The Morgan fingerprint density at radius 3 is 2.60 bits per heavy atom. The standard InChI is InChI=1S/C13H11Cl2N3O2/c1-18(12-11(15)16-5-6-17-12)8-3-4-10(14)9(7-8)13(19)20-2/h3-7H,1-2H3. The minimum atomic E-state index is -0.504. The summed E-state index contributed by atoms with van der Waals surface area (Å²) in [5, 5.41) is 0.587. The van der Waals surface area contributed by atoms with Crippen molar-refractivity contribution in [3.63, 3.8) is 0 Å². The number of halogens is 2. The number of esters is 1. The van der Waals surface area contributed by atoms with E-state index in [0.29, 0.717) is 16.5 Å². The van der Waals surface area contributed by atoms with Crippen LogP contribution in [0.1, 0.15) is 10.4 Å². The van der Waals surface area contributed by atoms with Crippen LogP contribution in [0.25, 0.3) is 0 Å². The van der Waals surface area contributed by atoms with Gasteiger partial charge in [0.2, 0.25) is 0 Å². The maximum atomic E-state index is 11.6. The zero-order valence-electron chi connectivity index (χ0n) is 10.8. The minimum absolute atomic E-state index is 0.268. The van der Waals surface area contributed by atoms with Crippen LogP contribution in [0.4, 0.5) is 11.5 Å². The lowest BCUT2D eigenvalue weighted by Gasteiger charge is -2.19. The van der Waals surface area contributed by atoms with Crippen LogP contribution < -0.4 is 4.90 Å². The Hall–Kier alpha value is -1.85. The third-order valence-electron chi connectivity index (χ3n) is 2.70. The van der Waals surface area contributed by atoms with E-state index in [1.807, 2.05) is 0 Å². The molecule has 20 heavy (non-hydrogen) atoms. The SMILES string of the molecule is COC(=O)c1cc(N(C)c2nccnc2Cl)ccc1Cl. The molecule has 1 aromatic carbocycles. The molecule has 1 heterocycles. The molecule has 0 atom stereocenters. The van der Waals surface area contributed by atoms with Crippen LogP contribution in [0.15, 0.2) is 30.6 Å². The number of nitrogens with zero attached hydrogens (tertiary/aromatic N) is 3. The predicted molar refractivity (Wildman–Crippen MR) is 77.9 cm³/mol. The topological polar surface area (TPSA) is 55.3 Å². The van der Waals surface area contributed by atoms with E-state index in [0.717, 1.165) is 0 Å². The summed E-state index contributed by atoms with van der Waals surface area (Å²) in [5.41, 5.74) is 0.968. The number of carbonyl (C=O) groups excluding carboxylic acids is 1. The highest BCUT2D eigenvalue weighted by atomic mass is 35.5. The van der Waals surface area contributed by atoms with Crippen LogP contribution >= 0.6 is 23.2 Å². The summed E-state index contributed by atoms with van der Waals surface area (Å²) in [5.74, 6) is -0.0252. The molecule has 0 aliphatic carbocycles. The van der Waals surface area contributed by atoms with Gasteiger partial charge in [-0.3, -0.25) is 0 Å². The van der Waals surface area contributed by atoms with E-state index in [2.05, 4.69) is 14.7 Å². The van der Waals surface area contributed by atoms with Crippen molar-refractivity contribution < 1.29 is 9.53 Å². The number of ether oxygens (including phenoxy) is 1. The Morgan fingerprint density at radius 2 is 1.95 bits per heavy atom. The monoisotopic (exact) mass is 311 g/mol. The fourth-order valence-electron chi connectivity index (χ4n) is 1.65. The van der Waals surface area contributed by atoms with Gasteiger partial charge in [0.05, 0.1) is 17.7 Å². The summed E-state index contributed by atoms with van der Waals surface area (Å²) in [6.07, 6.45) is 3.04. The molecule has 0 aliphatic heterocycles. The first-order valence-electron chi connectivity index (χ1n) is 5.62. The second kappa shape index (κ2) is 6.07. The molecule has 5 nitrogen and oxygen atoms in total. The van der Waals surface area contributed by atoms with E-state index in [9.17, 15) is 4.79 Å². The zero-order valence-corrected chi connectivity index (χ0v) is 12.3. The molecular formula is C13H11Cl2N3O2. The van der Waals surface area contributed by atoms with Crippen LogP contribution in [0, 0.1) is 0 Å². The lowest BCUT2D eigenvalue weighted by molar-refractivity contribution is 0.0601. The fraction of sp³-hybridized carbons (Fsp3) is 0.154. The van der Waals surface area contributed by atoms with Crippen LogP contribution in [0.5, 0.6) is 0 Å². The minimum Gasteiger partial charge on any atom is -0.465 e. The average Bonchev–Trinajstić information content (AvgIpc) is 2.47. The number of hydrogen-bond donors (Lipinski definition) is 0. The van der Waals surface area contributed by atoms with Gasteiger partial charge in [0.15, 0.2) is 11.0 Å². The fourth-order valence-corrected chi connectivity index (χ4v) is 2.08. The molecule has 104 valence electrons. The van der Waals surface area contributed by atoms with E-state index in [4.69, 9.17) is 23.2 Å². The van der Waals surface area contributed by atoms with Gasteiger partial charge >= 0.3 is 5.97 Å². The number of carbonyl (C=O) groups is 1. The number of benzene rings is 1. The van der Waals surface area contributed by atoms with Gasteiger partial charge in [-0.15, -0.1) is 0 Å². The second-order valence-corrected chi connectivity index (χ2v) is 4.65. The normalized spacial score (nSPS) is 10.2. The first-order chi connectivity index (χ1) is 9.54. The van der Waals surface area contributed by atoms with Crippen molar-refractivity contribution >= 4 is 40.7 Å². The molecule has 0 radical (unpaired) electrons. The van der Waals surface area contributed by atoms with Gasteiger partial charge in [0, 0.05) is 25.1 Å². The molecule has 0 amide bonds. The molecule has 7 heteroatoms. The summed E-state index contributed by atoms with van der Waals surface area (Å²) in [6.45, 7) is 0. The lowest BCUT2D eigenvalue weighted by atomic mass is 10.2. The summed E-state index contributed by atoms with van der Waals surface area (Å²) in [4.78, 5) is 21.5. The van der Waals surface area contributed by atoms with Crippen molar-refractivity contribution in [3.05, 3.63) is 46.3 Å². The molecule has 0 bridgehead atoms. The second-order valence-electron chi connectivity index (χ2n) is 3.89. The Morgan fingerprint density at radius 1 is 1.25 bits per heavy atom. The van der Waals surface area contributed by atoms with Gasteiger partial charge in [-0.2, -0.15) is 0 Å². The Kier molecular flexibility index (Phi) is 4.42. The number of rotatable bonds is 3. The number of hydrogen-bond acceptors (Lipinski definition) is 5. The van der Waals surface area contributed by atoms with Gasteiger partial charge < -0.3 is 9.64 Å². The van der Waals surface area contributed by atoms with Crippen LogP contribution in [0.2, 0.25) is 10.2 Å². The highest BCUT2D eigenvalue weighted by molar-refractivity contribution is 6.33. The molecule has 0 saturated carbocycles. The Bertz CT molecular complexity index is 649. The highest BCUT2D eigenvalue weighted by Gasteiger charge is 2.15. The molecule has 0 unspecified atom stereocenters. The van der Waals surface area contributed by atoms with Crippen molar-refractivity contribution in [2.45, 2.75) is 0 Å².